The molecule has 0 unspecified atom stereocenters. The van der Waals surface area contributed by atoms with Crippen molar-refractivity contribution < 1.29 is 18.9 Å². The molecule has 1 aromatic carbocycles. The van der Waals surface area contributed by atoms with Crippen LogP contribution in [-0.2, 0) is 15.2 Å². The molecule has 0 aliphatic heterocycles. The third-order valence-electron chi connectivity index (χ3n) is 1.91. The van der Waals surface area contributed by atoms with E-state index in [4.69, 9.17) is 18.9 Å². The summed E-state index contributed by atoms with van der Waals surface area (Å²) in [5.74, 6) is 1.91. The maximum atomic E-state index is 5.43. The van der Waals surface area contributed by atoms with Crippen LogP contribution in [-0.4, -0.2) is 27.8 Å². The summed E-state index contributed by atoms with van der Waals surface area (Å²) in [5, 5.41) is 0. The zero-order chi connectivity index (χ0) is 12.7. The molecule has 0 aliphatic rings. The SMILES string of the molecule is COCOc1cc(CS)cc(OCOC)c1Br. The summed E-state index contributed by atoms with van der Waals surface area (Å²) in [6.07, 6.45) is 0. The van der Waals surface area contributed by atoms with Crippen LogP contribution in [0.15, 0.2) is 16.6 Å². The Morgan fingerprint density at radius 1 is 1.06 bits per heavy atom. The Morgan fingerprint density at radius 2 is 1.53 bits per heavy atom. The summed E-state index contributed by atoms with van der Waals surface area (Å²) < 4.78 is 21.3. The van der Waals surface area contributed by atoms with Gasteiger partial charge in [0.05, 0.1) is 0 Å². The summed E-state index contributed by atoms with van der Waals surface area (Å²) in [4.78, 5) is 0. The zero-order valence-electron chi connectivity index (χ0n) is 9.73. The van der Waals surface area contributed by atoms with Crippen LogP contribution in [0, 0.1) is 0 Å². The molecular weight excluding hydrogens is 308 g/mol. The highest BCUT2D eigenvalue weighted by Gasteiger charge is 2.11. The van der Waals surface area contributed by atoms with Crippen molar-refractivity contribution in [3.63, 3.8) is 0 Å². The van der Waals surface area contributed by atoms with E-state index >= 15 is 0 Å². The van der Waals surface area contributed by atoms with Gasteiger partial charge in [0, 0.05) is 20.0 Å². The first-order valence-corrected chi connectivity index (χ1v) is 6.32. The predicted molar refractivity (Wildman–Crippen MR) is 71.8 cm³/mol. The lowest BCUT2D eigenvalue weighted by Crippen LogP contribution is -2.03. The number of ether oxygens (including phenoxy) is 4. The van der Waals surface area contributed by atoms with Crippen molar-refractivity contribution >= 4 is 28.6 Å². The van der Waals surface area contributed by atoms with Gasteiger partial charge >= 0.3 is 0 Å². The molecule has 0 aliphatic carbocycles. The van der Waals surface area contributed by atoms with Crippen LogP contribution in [0.3, 0.4) is 0 Å². The smallest absolute Gasteiger partial charge is 0.188 e. The molecule has 0 radical (unpaired) electrons. The monoisotopic (exact) mass is 322 g/mol. The third-order valence-corrected chi connectivity index (χ3v) is 3.06. The molecule has 1 rings (SSSR count). The van der Waals surface area contributed by atoms with Gasteiger partial charge < -0.3 is 18.9 Å². The normalized spacial score (nSPS) is 10.4. The highest BCUT2D eigenvalue weighted by atomic mass is 79.9. The van der Waals surface area contributed by atoms with E-state index in [2.05, 4.69) is 28.6 Å². The average molecular weight is 323 g/mol. The summed E-state index contributed by atoms with van der Waals surface area (Å²) in [7, 11) is 3.14. The molecule has 0 N–H and O–H groups in total. The van der Waals surface area contributed by atoms with E-state index < -0.39 is 0 Å². The molecule has 0 spiro atoms. The minimum atomic E-state index is 0.179. The van der Waals surface area contributed by atoms with Crippen LogP contribution in [0.1, 0.15) is 5.56 Å². The lowest BCUT2D eigenvalue weighted by atomic mass is 10.2. The van der Waals surface area contributed by atoms with Gasteiger partial charge in [-0.25, -0.2) is 0 Å². The average Bonchev–Trinajstić information content (AvgIpc) is 2.36. The van der Waals surface area contributed by atoms with E-state index in [9.17, 15) is 0 Å². The van der Waals surface area contributed by atoms with Gasteiger partial charge in [-0.05, 0) is 33.6 Å². The van der Waals surface area contributed by atoms with Crippen molar-refractivity contribution in [2.45, 2.75) is 5.75 Å². The molecule has 6 heteroatoms. The Kier molecular flexibility index (Phi) is 6.72. The number of halogens is 1. The summed E-state index contributed by atoms with van der Waals surface area (Å²) >= 11 is 7.65. The van der Waals surface area contributed by atoms with Gasteiger partial charge in [-0.15, -0.1) is 0 Å². The van der Waals surface area contributed by atoms with Crippen LogP contribution in [0.25, 0.3) is 0 Å². The Bertz CT molecular complexity index is 330. The highest BCUT2D eigenvalue weighted by molar-refractivity contribution is 9.10. The van der Waals surface area contributed by atoms with Gasteiger partial charge in [-0.3, -0.25) is 0 Å². The van der Waals surface area contributed by atoms with Crippen LogP contribution in [0.2, 0.25) is 0 Å². The standard InChI is InChI=1S/C11H15BrO4S/c1-13-6-15-9-3-8(5-17)4-10(11(9)12)16-7-14-2/h3-4,17H,5-7H2,1-2H3. The summed E-state index contributed by atoms with van der Waals surface area (Å²) in [6, 6.07) is 3.77. The van der Waals surface area contributed by atoms with Crippen molar-refractivity contribution in [3.8, 4) is 11.5 Å². The van der Waals surface area contributed by atoms with Gasteiger partial charge in [0.2, 0.25) is 0 Å². The first-order valence-electron chi connectivity index (χ1n) is 4.89. The second-order valence-corrected chi connectivity index (χ2v) is 4.28. The first-order chi connectivity index (χ1) is 8.22. The summed E-state index contributed by atoms with van der Waals surface area (Å²) in [5.41, 5.74) is 0.994. The summed E-state index contributed by atoms with van der Waals surface area (Å²) in [6.45, 7) is 0.358. The molecule has 0 aromatic heterocycles. The van der Waals surface area contributed by atoms with Crippen molar-refractivity contribution in [2.75, 3.05) is 27.8 Å². The van der Waals surface area contributed by atoms with Crippen LogP contribution in [0.4, 0.5) is 0 Å². The van der Waals surface area contributed by atoms with Crippen molar-refractivity contribution in [1.29, 1.82) is 0 Å². The largest absolute Gasteiger partial charge is 0.466 e. The number of rotatable bonds is 7. The number of methoxy groups -OCH3 is 2. The second-order valence-electron chi connectivity index (χ2n) is 3.17. The van der Waals surface area contributed by atoms with Crippen molar-refractivity contribution in [2.24, 2.45) is 0 Å². The van der Waals surface area contributed by atoms with Crippen molar-refractivity contribution in [3.05, 3.63) is 22.2 Å². The van der Waals surface area contributed by atoms with Crippen molar-refractivity contribution in [1.82, 2.24) is 0 Å². The Labute approximate surface area is 115 Å². The molecule has 0 bridgehead atoms. The maximum Gasteiger partial charge on any atom is 0.188 e. The van der Waals surface area contributed by atoms with Crippen LogP contribution < -0.4 is 9.47 Å². The van der Waals surface area contributed by atoms with E-state index in [1.165, 1.54) is 0 Å². The van der Waals surface area contributed by atoms with E-state index in [1.807, 2.05) is 12.1 Å². The minimum Gasteiger partial charge on any atom is -0.466 e. The number of hydrogen-bond donors (Lipinski definition) is 1. The van der Waals surface area contributed by atoms with E-state index in [-0.39, 0.29) is 13.6 Å². The lowest BCUT2D eigenvalue weighted by molar-refractivity contribution is 0.0449. The second kappa shape index (κ2) is 7.81. The molecule has 1 aromatic rings. The van der Waals surface area contributed by atoms with Crippen LogP contribution >= 0.6 is 28.6 Å². The van der Waals surface area contributed by atoms with E-state index in [0.717, 1.165) is 10.0 Å². The third kappa shape index (κ3) is 4.39. The van der Waals surface area contributed by atoms with Crippen LogP contribution in [0.5, 0.6) is 11.5 Å². The Hall–Kier alpha value is -0.430. The van der Waals surface area contributed by atoms with E-state index in [0.29, 0.717) is 17.3 Å². The molecular formula is C11H15BrO4S. The number of hydrogen-bond acceptors (Lipinski definition) is 5. The number of thiol groups is 1. The highest BCUT2D eigenvalue weighted by Crippen LogP contribution is 2.36. The van der Waals surface area contributed by atoms with E-state index in [1.54, 1.807) is 14.2 Å². The maximum absolute atomic E-state index is 5.43. The first kappa shape index (κ1) is 14.6. The Morgan fingerprint density at radius 3 is 1.88 bits per heavy atom. The zero-order valence-corrected chi connectivity index (χ0v) is 12.2. The van der Waals surface area contributed by atoms with Gasteiger partial charge in [0.25, 0.3) is 0 Å². The van der Waals surface area contributed by atoms with Gasteiger partial charge in [-0.1, -0.05) is 0 Å². The fourth-order valence-electron chi connectivity index (χ4n) is 1.17. The molecule has 17 heavy (non-hydrogen) atoms. The lowest BCUT2D eigenvalue weighted by Gasteiger charge is -2.13. The molecule has 0 saturated carbocycles. The molecule has 0 fully saturated rings. The fourth-order valence-corrected chi connectivity index (χ4v) is 1.81. The molecule has 0 amide bonds. The molecule has 0 heterocycles. The van der Waals surface area contributed by atoms with Gasteiger partial charge in [0.1, 0.15) is 16.0 Å². The topological polar surface area (TPSA) is 36.9 Å². The number of benzene rings is 1. The predicted octanol–water partition coefficient (Wildman–Crippen LogP) is 2.84. The molecule has 0 saturated heterocycles. The molecule has 0 atom stereocenters. The Balaban J connectivity index is 2.94. The molecule has 96 valence electrons. The molecule has 4 nitrogen and oxygen atoms in total. The minimum absolute atomic E-state index is 0.179. The fraction of sp³-hybridized carbons (Fsp3) is 0.455. The van der Waals surface area contributed by atoms with Gasteiger partial charge in [-0.2, -0.15) is 12.6 Å². The quantitative estimate of drug-likeness (QED) is 0.618. The van der Waals surface area contributed by atoms with Gasteiger partial charge in [0.15, 0.2) is 13.6 Å².